The van der Waals surface area contributed by atoms with Crippen LogP contribution in [0.5, 0.6) is 0 Å². The third-order valence-corrected chi connectivity index (χ3v) is 3.49. The number of methoxy groups -OCH3 is 1. The number of hydrogen-bond donors (Lipinski definition) is 1. The molecule has 4 nitrogen and oxygen atoms in total. The fourth-order valence-electron chi connectivity index (χ4n) is 1.57. The van der Waals surface area contributed by atoms with Crippen LogP contribution in [0.2, 0.25) is 0 Å². The van der Waals surface area contributed by atoms with Gasteiger partial charge in [-0.1, -0.05) is 30.0 Å². The van der Waals surface area contributed by atoms with Crippen molar-refractivity contribution in [1.29, 1.82) is 0 Å². The van der Waals surface area contributed by atoms with E-state index in [0.717, 1.165) is 16.5 Å². The number of aliphatic hydroxyl groups excluding tert-OH is 1. The first-order valence-electron chi connectivity index (χ1n) is 5.43. The Bertz CT molecular complexity index is 571. The Morgan fingerprint density at radius 2 is 2.22 bits per heavy atom. The maximum absolute atomic E-state index is 11.1. The van der Waals surface area contributed by atoms with Crippen molar-refractivity contribution < 1.29 is 14.6 Å². The summed E-state index contributed by atoms with van der Waals surface area (Å²) in [6.07, 6.45) is 0. The number of rotatable bonds is 4. The fraction of sp³-hybridized carbons (Fsp3) is 0.231. The number of esters is 1. The third-order valence-electron chi connectivity index (χ3n) is 2.49. The molecule has 94 valence electrons. The van der Waals surface area contributed by atoms with Crippen molar-refractivity contribution in [1.82, 2.24) is 4.98 Å². The summed E-state index contributed by atoms with van der Waals surface area (Å²) in [7, 11) is 1.35. The van der Waals surface area contributed by atoms with Gasteiger partial charge in [-0.25, -0.2) is 4.98 Å². The molecule has 1 N–H and O–H groups in total. The summed E-state index contributed by atoms with van der Waals surface area (Å²) in [6, 6.07) is 9.56. The van der Waals surface area contributed by atoms with Crippen LogP contribution in [0.1, 0.15) is 5.56 Å². The largest absolute Gasteiger partial charge is 0.468 e. The Labute approximate surface area is 109 Å². The summed E-state index contributed by atoms with van der Waals surface area (Å²) in [5.41, 5.74) is 1.57. The highest BCUT2D eigenvalue weighted by atomic mass is 32.2. The van der Waals surface area contributed by atoms with Gasteiger partial charge < -0.3 is 9.84 Å². The van der Waals surface area contributed by atoms with Crippen LogP contribution in [0.25, 0.3) is 10.9 Å². The molecule has 0 aliphatic carbocycles. The van der Waals surface area contributed by atoms with Crippen LogP contribution in [0.15, 0.2) is 35.4 Å². The maximum atomic E-state index is 11.1. The zero-order valence-corrected chi connectivity index (χ0v) is 10.7. The van der Waals surface area contributed by atoms with Gasteiger partial charge in [0.15, 0.2) is 0 Å². The monoisotopic (exact) mass is 263 g/mol. The Morgan fingerprint density at radius 1 is 1.44 bits per heavy atom. The molecule has 0 atom stereocenters. The number of thioether (sulfide) groups is 1. The lowest BCUT2D eigenvalue weighted by Gasteiger charge is -2.07. The van der Waals surface area contributed by atoms with Crippen molar-refractivity contribution in [2.45, 2.75) is 11.6 Å². The SMILES string of the molecule is COC(=O)CSc1nc2ccccc2cc1CO. The fourth-order valence-corrected chi connectivity index (χ4v) is 2.41. The van der Waals surface area contributed by atoms with Gasteiger partial charge >= 0.3 is 5.97 Å². The van der Waals surface area contributed by atoms with Gasteiger partial charge in [-0.3, -0.25) is 4.79 Å². The number of hydrogen-bond acceptors (Lipinski definition) is 5. The molecule has 0 fully saturated rings. The molecule has 0 saturated carbocycles. The Hall–Kier alpha value is -1.59. The zero-order valence-electron chi connectivity index (χ0n) is 9.92. The average Bonchev–Trinajstić information content (AvgIpc) is 2.43. The highest BCUT2D eigenvalue weighted by molar-refractivity contribution is 7.99. The molecular weight excluding hydrogens is 250 g/mol. The van der Waals surface area contributed by atoms with E-state index >= 15 is 0 Å². The van der Waals surface area contributed by atoms with Gasteiger partial charge in [0, 0.05) is 10.9 Å². The number of carbonyl (C=O) groups is 1. The number of pyridine rings is 1. The lowest BCUT2D eigenvalue weighted by molar-refractivity contribution is -0.137. The molecule has 0 bridgehead atoms. The van der Waals surface area contributed by atoms with Crippen molar-refractivity contribution in [3.63, 3.8) is 0 Å². The molecule has 1 aromatic heterocycles. The van der Waals surface area contributed by atoms with E-state index in [4.69, 9.17) is 0 Å². The number of aromatic nitrogens is 1. The van der Waals surface area contributed by atoms with Crippen LogP contribution in [0.3, 0.4) is 0 Å². The van der Waals surface area contributed by atoms with Crippen molar-refractivity contribution >= 4 is 28.6 Å². The normalized spacial score (nSPS) is 10.6. The van der Waals surface area contributed by atoms with E-state index in [0.29, 0.717) is 5.03 Å². The summed E-state index contributed by atoms with van der Waals surface area (Å²) in [5.74, 6) is -0.117. The van der Waals surface area contributed by atoms with Gasteiger partial charge in [0.05, 0.1) is 25.0 Å². The Morgan fingerprint density at radius 3 is 2.94 bits per heavy atom. The number of fused-ring (bicyclic) bond motifs is 1. The van der Waals surface area contributed by atoms with E-state index in [-0.39, 0.29) is 18.3 Å². The zero-order chi connectivity index (χ0) is 13.0. The second kappa shape index (κ2) is 5.84. The van der Waals surface area contributed by atoms with Gasteiger partial charge in [-0.05, 0) is 12.1 Å². The number of carbonyl (C=O) groups excluding carboxylic acids is 1. The standard InChI is InChI=1S/C13H13NO3S/c1-17-12(16)8-18-13-10(7-15)6-9-4-2-3-5-11(9)14-13/h2-6,15H,7-8H2,1H3. The molecule has 0 spiro atoms. The minimum Gasteiger partial charge on any atom is -0.468 e. The summed E-state index contributed by atoms with van der Waals surface area (Å²) in [4.78, 5) is 15.6. The lowest BCUT2D eigenvalue weighted by atomic mass is 10.2. The van der Waals surface area contributed by atoms with Gasteiger partial charge in [-0.15, -0.1) is 0 Å². The summed E-state index contributed by atoms with van der Waals surface area (Å²) in [5, 5.41) is 11.0. The van der Waals surface area contributed by atoms with E-state index in [9.17, 15) is 9.90 Å². The van der Waals surface area contributed by atoms with E-state index in [1.165, 1.54) is 18.9 Å². The van der Waals surface area contributed by atoms with E-state index < -0.39 is 0 Å². The number of benzene rings is 1. The first-order valence-corrected chi connectivity index (χ1v) is 6.42. The predicted octanol–water partition coefficient (Wildman–Crippen LogP) is 1.99. The molecule has 0 saturated heterocycles. The van der Waals surface area contributed by atoms with Gasteiger partial charge in [0.2, 0.25) is 0 Å². The molecule has 2 aromatic rings. The average molecular weight is 263 g/mol. The summed E-state index contributed by atoms with van der Waals surface area (Å²) in [6.45, 7) is -0.0959. The molecule has 1 aromatic carbocycles. The molecule has 18 heavy (non-hydrogen) atoms. The third kappa shape index (κ3) is 2.80. The topological polar surface area (TPSA) is 59.4 Å². The van der Waals surface area contributed by atoms with Gasteiger partial charge in [0.1, 0.15) is 5.03 Å². The van der Waals surface area contributed by atoms with Gasteiger partial charge in [-0.2, -0.15) is 0 Å². The molecule has 0 aliphatic rings. The van der Waals surface area contributed by atoms with Crippen molar-refractivity contribution in [2.24, 2.45) is 0 Å². The highest BCUT2D eigenvalue weighted by Gasteiger charge is 2.09. The first kappa shape index (κ1) is 12.9. The summed E-state index contributed by atoms with van der Waals surface area (Å²) >= 11 is 1.27. The van der Waals surface area contributed by atoms with E-state index in [2.05, 4.69) is 9.72 Å². The number of para-hydroxylation sites is 1. The molecule has 2 rings (SSSR count). The molecule has 0 unspecified atom stereocenters. The predicted molar refractivity (Wildman–Crippen MR) is 70.4 cm³/mol. The minimum atomic E-state index is -0.307. The van der Waals surface area contributed by atoms with Crippen LogP contribution < -0.4 is 0 Å². The second-order valence-corrected chi connectivity index (χ2v) is 4.63. The van der Waals surface area contributed by atoms with Crippen LogP contribution in [-0.4, -0.2) is 28.9 Å². The maximum Gasteiger partial charge on any atom is 0.316 e. The molecule has 0 aliphatic heterocycles. The number of aliphatic hydroxyl groups is 1. The summed E-state index contributed by atoms with van der Waals surface area (Å²) < 4.78 is 4.58. The smallest absolute Gasteiger partial charge is 0.316 e. The van der Waals surface area contributed by atoms with E-state index in [1.54, 1.807) is 0 Å². The van der Waals surface area contributed by atoms with Crippen LogP contribution in [0, 0.1) is 0 Å². The minimum absolute atomic E-state index is 0.0959. The molecule has 0 amide bonds. The van der Waals surface area contributed by atoms with E-state index in [1.807, 2.05) is 30.3 Å². The number of ether oxygens (including phenoxy) is 1. The molecule has 0 radical (unpaired) electrons. The lowest BCUT2D eigenvalue weighted by Crippen LogP contribution is -2.04. The van der Waals surface area contributed by atoms with Crippen LogP contribution in [0.4, 0.5) is 0 Å². The Kier molecular flexibility index (Phi) is 4.17. The van der Waals surface area contributed by atoms with Gasteiger partial charge in [0.25, 0.3) is 0 Å². The van der Waals surface area contributed by atoms with Crippen molar-refractivity contribution in [2.75, 3.05) is 12.9 Å². The van der Waals surface area contributed by atoms with Crippen LogP contribution in [-0.2, 0) is 16.1 Å². The number of nitrogens with zero attached hydrogens (tertiary/aromatic N) is 1. The Balaban J connectivity index is 2.32. The van der Waals surface area contributed by atoms with Crippen LogP contribution >= 0.6 is 11.8 Å². The molecule has 5 heteroatoms. The molecular formula is C13H13NO3S. The molecule has 1 heterocycles. The quantitative estimate of drug-likeness (QED) is 0.675. The van der Waals surface area contributed by atoms with Crippen molar-refractivity contribution in [3.8, 4) is 0 Å². The first-order chi connectivity index (χ1) is 8.74. The van der Waals surface area contributed by atoms with Crippen molar-refractivity contribution in [3.05, 3.63) is 35.9 Å². The second-order valence-electron chi connectivity index (χ2n) is 3.67. The highest BCUT2D eigenvalue weighted by Crippen LogP contribution is 2.25.